The van der Waals surface area contributed by atoms with E-state index in [-0.39, 0.29) is 12.6 Å². The molecule has 3 heteroatoms. The predicted octanol–water partition coefficient (Wildman–Crippen LogP) is 1.01. The molecule has 0 aliphatic rings. The fourth-order valence-electron chi connectivity index (χ4n) is 0.286. The molecule has 0 rings (SSSR count). The lowest BCUT2D eigenvalue weighted by Crippen LogP contribution is -2.01. The molecular formula is C6H10O3. The van der Waals surface area contributed by atoms with Gasteiger partial charge in [-0.2, -0.15) is 0 Å². The number of hydrogen-bond donors (Lipinski definition) is 1. The third kappa shape index (κ3) is 4.87. The van der Waals surface area contributed by atoms with E-state index in [9.17, 15) is 4.79 Å². The summed E-state index contributed by atoms with van der Waals surface area (Å²) < 4.78 is 4.55. The number of hydrogen-bond acceptors (Lipinski definition) is 3. The van der Waals surface area contributed by atoms with Crippen molar-refractivity contribution >= 4 is 5.97 Å². The van der Waals surface area contributed by atoms with Crippen LogP contribution in [0.15, 0.2) is 12.3 Å². The number of esters is 1. The highest BCUT2D eigenvalue weighted by Crippen LogP contribution is 1.83. The maximum absolute atomic E-state index is 10.3. The van der Waals surface area contributed by atoms with E-state index in [4.69, 9.17) is 5.11 Å². The highest BCUT2D eigenvalue weighted by molar-refractivity contribution is 5.68. The molecule has 0 aliphatic heterocycles. The van der Waals surface area contributed by atoms with Gasteiger partial charge in [-0.15, -0.1) is 0 Å². The maximum atomic E-state index is 10.3. The van der Waals surface area contributed by atoms with E-state index < -0.39 is 0 Å². The molecule has 0 fully saturated rings. The molecule has 0 aliphatic carbocycles. The Bertz CT molecular complexity index is 107. The van der Waals surface area contributed by atoms with E-state index in [1.165, 1.54) is 6.08 Å². The molecule has 0 aromatic carbocycles. The lowest BCUT2D eigenvalue weighted by Gasteiger charge is -1.95. The van der Waals surface area contributed by atoms with Gasteiger partial charge in [-0.05, 0) is 6.08 Å². The minimum Gasteiger partial charge on any atom is -0.516 e. The Morgan fingerprint density at radius 1 is 1.78 bits per heavy atom. The molecule has 0 atom stereocenters. The zero-order valence-electron chi connectivity index (χ0n) is 5.33. The van der Waals surface area contributed by atoms with Crippen molar-refractivity contribution in [3.8, 4) is 0 Å². The second kappa shape index (κ2) is 5.15. The van der Waals surface area contributed by atoms with Gasteiger partial charge in [0.1, 0.15) is 6.61 Å². The van der Waals surface area contributed by atoms with Crippen molar-refractivity contribution in [1.29, 1.82) is 0 Å². The Balaban J connectivity index is 3.17. The van der Waals surface area contributed by atoms with E-state index in [2.05, 4.69) is 4.74 Å². The zero-order chi connectivity index (χ0) is 7.11. The van der Waals surface area contributed by atoms with Gasteiger partial charge in [-0.3, -0.25) is 4.79 Å². The molecule has 0 aromatic heterocycles. The van der Waals surface area contributed by atoms with Crippen molar-refractivity contribution in [2.75, 3.05) is 6.61 Å². The standard InChI is InChI=1S/C6H10O3/c1-2-6(8)9-5-3-4-7/h3-4,7H,2,5H2,1H3. The number of aliphatic hydroxyl groups is 1. The normalized spacial score (nSPS) is 9.89. The van der Waals surface area contributed by atoms with Crippen LogP contribution >= 0.6 is 0 Å². The van der Waals surface area contributed by atoms with Gasteiger partial charge >= 0.3 is 5.97 Å². The van der Waals surface area contributed by atoms with Gasteiger partial charge in [0.15, 0.2) is 0 Å². The molecule has 0 amide bonds. The van der Waals surface area contributed by atoms with Crippen LogP contribution in [0.25, 0.3) is 0 Å². The molecule has 0 saturated heterocycles. The first-order valence-electron chi connectivity index (χ1n) is 2.76. The second-order valence-electron chi connectivity index (χ2n) is 1.42. The summed E-state index contributed by atoms with van der Waals surface area (Å²) in [6.45, 7) is 1.87. The third-order valence-corrected chi connectivity index (χ3v) is 0.735. The van der Waals surface area contributed by atoms with Gasteiger partial charge in [-0.1, -0.05) is 6.92 Å². The molecule has 0 saturated carbocycles. The topological polar surface area (TPSA) is 46.5 Å². The van der Waals surface area contributed by atoms with E-state index >= 15 is 0 Å². The molecule has 0 spiro atoms. The van der Waals surface area contributed by atoms with Crippen LogP contribution in [-0.2, 0) is 9.53 Å². The van der Waals surface area contributed by atoms with Crippen molar-refractivity contribution in [3.63, 3.8) is 0 Å². The van der Waals surface area contributed by atoms with Gasteiger partial charge < -0.3 is 9.84 Å². The summed E-state index contributed by atoms with van der Waals surface area (Å²) in [5, 5.41) is 8.08. The van der Waals surface area contributed by atoms with Gasteiger partial charge in [0.05, 0.1) is 6.26 Å². The Labute approximate surface area is 53.9 Å². The predicted molar refractivity (Wildman–Crippen MR) is 33.0 cm³/mol. The second-order valence-corrected chi connectivity index (χ2v) is 1.42. The van der Waals surface area contributed by atoms with E-state index in [1.54, 1.807) is 6.92 Å². The van der Waals surface area contributed by atoms with Crippen LogP contribution in [0, 0.1) is 0 Å². The minimum absolute atomic E-state index is 0.156. The first kappa shape index (κ1) is 8.01. The third-order valence-electron chi connectivity index (χ3n) is 0.735. The van der Waals surface area contributed by atoms with Crippen LogP contribution in [0.4, 0.5) is 0 Å². The number of aliphatic hydroxyl groups excluding tert-OH is 1. The molecule has 52 valence electrons. The SMILES string of the molecule is CCC(=O)OCC=CO. The lowest BCUT2D eigenvalue weighted by molar-refractivity contribution is -0.141. The van der Waals surface area contributed by atoms with Crippen molar-refractivity contribution in [2.24, 2.45) is 0 Å². The largest absolute Gasteiger partial charge is 0.516 e. The Kier molecular flexibility index (Phi) is 4.59. The molecule has 3 nitrogen and oxygen atoms in total. The monoisotopic (exact) mass is 130 g/mol. The molecule has 1 N–H and O–H groups in total. The van der Waals surface area contributed by atoms with Crippen LogP contribution in [0.3, 0.4) is 0 Å². The van der Waals surface area contributed by atoms with Gasteiger partial charge in [0.2, 0.25) is 0 Å². The minimum atomic E-state index is -0.256. The summed E-state index contributed by atoms with van der Waals surface area (Å²) in [5.41, 5.74) is 0. The summed E-state index contributed by atoms with van der Waals surface area (Å²) in [6.07, 6.45) is 2.58. The van der Waals surface area contributed by atoms with Crippen LogP contribution in [-0.4, -0.2) is 17.7 Å². The summed E-state index contributed by atoms with van der Waals surface area (Å²) in [4.78, 5) is 10.3. The highest BCUT2D eigenvalue weighted by atomic mass is 16.5. The fourth-order valence-corrected chi connectivity index (χ4v) is 0.286. The van der Waals surface area contributed by atoms with Crippen LogP contribution < -0.4 is 0 Å². The average Bonchev–Trinajstić information content (AvgIpc) is 1.89. The first-order chi connectivity index (χ1) is 4.31. The molecule has 0 heterocycles. The zero-order valence-corrected chi connectivity index (χ0v) is 5.33. The average molecular weight is 130 g/mol. The van der Waals surface area contributed by atoms with Gasteiger partial charge in [-0.25, -0.2) is 0 Å². The maximum Gasteiger partial charge on any atom is 0.305 e. The molecule has 0 radical (unpaired) electrons. The Morgan fingerprint density at radius 3 is 2.89 bits per heavy atom. The number of carbonyl (C=O) groups is 1. The van der Waals surface area contributed by atoms with E-state index in [0.29, 0.717) is 6.42 Å². The number of ether oxygens (including phenoxy) is 1. The number of rotatable bonds is 3. The highest BCUT2D eigenvalue weighted by Gasteiger charge is 1.92. The molecule has 0 unspecified atom stereocenters. The van der Waals surface area contributed by atoms with Crippen LogP contribution in [0.5, 0.6) is 0 Å². The lowest BCUT2D eigenvalue weighted by atomic mass is 10.5. The molecule has 0 bridgehead atoms. The van der Waals surface area contributed by atoms with Crippen LogP contribution in [0.2, 0.25) is 0 Å². The summed E-state index contributed by atoms with van der Waals surface area (Å²) in [7, 11) is 0. The summed E-state index contributed by atoms with van der Waals surface area (Å²) in [5.74, 6) is -0.256. The summed E-state index contributed by atoms with van der Waals surface area (Å²) >= 11 is 0. The van der Waals surface area contributed by atoms with E-state index in [1.807, 2.05) is 0 Å². The molecular weight excluding hydrogens is 120 g/mol. The Hall–Kier alpha value is -0.990. The van der Waals surface area contributed by atoms with Crippen LogP contribution in [0.1, 0.15) is 13.3 Å². The van der Waals surface area contributed by atoms with Crippen molar-refractivity contribution in [3.05, 3.63) is 12.3 Å². The quantitative estimate of drug-likeness (QED) is 0.458. The molecule has 0 aromatic rings. The van der Waals surface area contributed by atoms with Gasteiger partial charge in [0.25, 0.3) is 0 Å². The van der Waals surface area contributed by atoms with E-state index in [0.717, 1.165) is 6.26 Å². The first-order valence-corrected chi connectivity index (χ1v) is 2.76. The fraction of sp³-hybridized carbons (Fsp3) is 0.500. The van der Waals surface area contributed by atoms with Gasteiger partial charge in [0, 0.05) is 6.42 Å². The van der Waals surface area contributed by atoms with Crippen molar-refractivity contribution in [2.45, 2.75) is 13.3 Å². The smallest absolute Gasteiger partial charge is 0.305 e. The Morgan fingerprint density at radius 2 is 2.44 bits per heavy atom. The number of carbonyl (C=O) groups excluding carboxylic acids is 1. The van der Waals surface area contributed by atoms with Crippen molar-refractivity contribution in [1.82, 2.24) is 0 Å². The van der Waals surface area contributed by atoms with Crippen molar-refractivity contribution < 1.29 is 14.6 Å². The molecule has 9 heavy (non-hydrogen) atoms. The summed E-state index contributed by atoms with van der Waals surface area (Å²) in [6, 6.07) is 0.